The van der Waals surface area contributed by atoms with Crippen LogP contribution >= 0.6 is 0 Å². The van der Waals surface area contributed by atoms with Gasteiger partial charge >= 0.3 is 5.69 Å². The molecule has 2 aromatic heterocycles. The van der Waals surface area contributed by atoms with Gasteiger partial charge in [-0.1, -0.05) is 30.3 Å². The summed E-state index contributed by atoms with van der Waals surface area (Å²) >= 11 is 0. The molecule has 146 valence electrons. The average Bonchev–Trinajstić information content (AvgIpc) is 3.10. The number of carbonyl (C=O) groups excluding carboxylic acids is 1. The number of carbonyl (C=O) groups is 1. The van der Waals surface area contributed by atoms with Crippen molar-refractivity contribution in [3.05, 3.63) is 70.3 Å². The number of nitrogens with one attached hydrogen (secondary N) is 2. The highest BCUT2D eigenvalue weighted by molar-refractivity contribution is 5.99. The highest BCUT2D eigenvalue weighted by Gasteiger charge is 2.26. The Hall–Kier alpha value is -2.97. The molecule has 1 aliphatic heterocycles. The Bertz CT molecular complexity index is 1010. The molecule has 0 spiro atoms. The highest BCUT2D eigenvalue weighted by atomic mass is 16.2. The van der Waals surface area contributed by atoms with Crippen molar-refractivity contribution in [1.29, 1.82) is 0 Å². The summed E-state index contributed by atoms with van der Waals surface area (Å²) in [7, 11) is 2.10. The molecule has 8 nitrogen and oxygen atoms in total. The molecule has 8 heteroatoms. The summed E-state index contributed by atoms with van der Waals surface area (Å²) in [5, 5.41) is 9.37. The van der Waals surface area contributed by atoms with Gasteiger partial charge in [0.25, 0.3) is 5.91 Å². The number of hydrogen-bond donors (Lipinski definition) is 2. The summed E-state index contributed by atoms with van der Waals surface area (Å²) in [5.41, 5.74) is 1.64. The number of piperazine rings is 1. The number of fused-ring (bicyclic) bond motifs is 1. The molecule has 0 aliphatic carbocycles. The standard InChI is InChI=1S/C20H24N6O2/c1-24-10-11-25(13-15-6-3-2-4-7-15)16(14-24)12-21-19(27)17-8-5-9-26-18(17)22-23-20(26)28/h2-9,16H,10-14H2,1H3,(H,21,27)(H,23,28). The van der Waals surface area contributed by atoms with E-state index >= 15 is 0 Å². The summed E-state index contributed by atoms with van der Waals surface area (Å²) in [6.45, 7) is 4.24. The third-order valence-corrected chi connectivity index (χ3v) is 5.22. The number of likely N-dealkylation sites (N-methyl/N-ethyl adjacent to an activating group) is 1. The molecule has 0 radical (unpaired) electrons. The number of benzene rings is 1. The second kappa shape index (κ2) is 7.95. The quantitative estimate of drug-likeness (QED) is 0.676. The molecule has 1 aromatic carbocycles. The Morgan fingerprint density at radius 3 is 2.86 bits per heavy atom. The molecule has 1 fully saturated rings. The Morgan fingerprint density at radius 2 is 2.04 bits per heavy atom. The first-order valence-corrected chi connectivity index (χ1v) is 9.42. The number of rotatable bonds is 5. The van der Waals surface area contributed by atoms with Gasteiger partial charge in [-0.3, -0.25) is 9.69 Å². The van der Waals surface area contributed by atoms with Gasteiger partial charge in [0.05, 0.1) is 5.56 Å². The zero-order chi connectivity index (χ0) is 19.5. The number of amides is 1. The fourth-order valence-electron chi connectivity index (χ4n) is 3.68. The van der Waals surface area contributed by atoms with Crippen molar-refractivity contribution >= 4 is 11.6 Å². The van der Waals surface area contributed by atoms with Crippen LogP contribution in [0.15, 0.2) is 53.5 Å². The molecule has 3 aromatic rings. The van der Waals surface area contributed by atoms with Gasteiger partial charge in [0, 0.05) is 45.0 Å². The second-order valence-electron chi connectivity index (χ2n) is 7.23. The maximum absolute atomic E-state index is 12.7. The predicted molar refractivity (Wildman–Crippen MR) is 106 cm³/mol. The van der Waals surface area contributed by atoms with E-state index in [0.29, 0.717) is 17.8 Å². The number of aromatic nitrogens is 3. The smallest absolute Gasteiger partial charge is 0.347 e. The lowest BCUT2D eigenvalue weighted by molar-refractivity contribution is 0.0756. The van der Waals surface area contributed by atoms with E-state index in [1.54, 1.807) is 18.3 Å². The first-order valence-electron chi connectivity index (χ1n) is 9.42. The molecule has 28 heavy (non-hydrogen) atoms. The lowest BCUT2D eigenvalue weighted by atomic mass is 10.1. The molecule has 4 rings (SSSR count). The monoisotopic (exact) mass is 380 g/mol. The fourth-order valence-corrected chi connectivity index (χ4v) is 3.68. The first kappa shape index (κ1) is 18.4. The molecule has 1 amide bonds. The summed E-state index contributed by atoms with van der Waals surface area (Å²) in [6, 6.07) is 13.9. The minimum Gasteiger partial charge on any atom is -0.350 e. The Morgan fingerprint density at radius 1 is 1.21 bits per heavy atom. The second-order valence-corrected chi connectivity index (χ2v) is 7.23. The van der Waals surface area contributed by atoms with Crippen LogP contribution in [0.1, 0.15) is 15.9 Å². The van der Waals surface area contributed by atoms with Gasteiger partial charge in [-0.05, 0) is 24.7 Å². The van der Waals surface area contributed by atoms with Crippen molar-refractivity contribution in [2.24, 2.45) is 0 Å². The van der Waals surface area contributed by atoms with Gasteiger partial charge in [0.2, 0.25) is 0 Å². The van der Waals surface area contributed by atoms with Crippen molar-refractivity contribution in [2.45, 2.75) is 12.6 Å². The fraction of sp³-hybridized carbons (Fsp3) is 0.350. The zero-order valence-electron chi connectivity index (χ0n) is 15.8. The number of H-pyrrole nitrogens is 1. The molecule has 2 N–H and O–H groups in total. The number of nitrogens with zero attached hydrogens (tertiary/aromatic N) is 4. The Balaban J connectivity index is 1.46. The predicted octanol–water partition coefficient (Wildman–Crippen LogP) is 0.569. The lowest BCUT2D eigenvalue weighted by Crippen LogP contribution is -2.55. The van der Waals surface area contributed by atoms with Gasteiger partial charge < -0.3 is 10.2 Å². The minimum absolute atomic E-state index is 0.212. The van der Waals surface area contributed by atoms with E-state index in [4.69, 9.17) is 0 Å². The SMILES string of the molecule is CN1CCN(Cc2ccccc2)C(CNC(=O)c2cccn3c(=O)[nH]nc23)C1. The number of hydrogen-bond acceptors (Lipinski definition) is 5. The summed E-state index contributed by atoms with van der Waals surface area (Å²) in [6.07, 6.45) is 1.59. The summed E-state index contributed by atoms with van der Waals surface area (Å²) in [5.74, 6) is -0.225. The van der Waals surface area contributed by atoms with Crippen molar-refractivity contribution in [3.63, 3.8) is 0 Å². The van der Waals surface area contributed by atoms with Crippen LogP contribution in [0, 0.1) is 0 Å². The molecule has 1 atom stereocenters. The zero-order valence-corrected chi connectivity index (χ0v) is 15.8. The van der Waals surface area contributed by atoms with E-state index in [1.807, 2.05) is 6.07 Å². The Kier molecular flexibility index (Phi) is 5.23. The van der Waals surface area contributed by atoms with E-state index in [2.05, 4.69) is 56.6 Å². The molecule has 3 heterocycles. The highest BCUT2D eigenvalue weighted by Crippen LogP contribution is 2.13. The number of aromatic amines is 1. The van der Waals surface area contributed by atoms with Crippen LogP contribution in [-0.4, -0.2) is 69.6 Å². The van der Waals surface area contributed by atoms with Gasteiger partial charge in [0.15, 0.2) is 5.65 Å². The molecular formula is C20H24N6O2. The topological polar surface area (TPSA) is 85.7 Å². The van der Waals surface area contributed by atoms with Crippen LogP contribution in [0.2, 0.25) is 0 Å². The van der Waals surface area contributed by atoms with E-state index in [9.17, 15) is 9.59 Å². The molecule has 1 unspecified atom stereocenters. The lowest BCUT2D eigenvalue weighted by Gasteiger charge is -2.40. The van der Waals surface area contributed by atoms with Crippen LogP contribution in [0.4, 0.5) is 0 Å². The van der Waals surface area contributed by atoms with Crippen LogP contribution in [0.5, 0.6) is 0 Å². The molecular weight excluding hydrogens is 356 g/mol. The van der Waals surface area contributed by atoms with Crippen molar-refractivity contribution < 1.29 is 4.79 Å². The normalized spacial score (nSPS) is 18.4. The van der Waals surface area contributed by atoms with Crippen LogP contribution in [0.25, 0.3) is 5.65 Å². The van der Waals surface area contributed by atoms with Crippen LogP contribution in [0.3, 0.4) is 0 Å². The number of pyridine rings is 1. The third-order valence-electron chi connectivity index (χ3n) is 5.22. The minimum atomic E-state index is -0.354. The third kappa shape index (κ3) is 3.83. The Labute approximate surface area is 162 Å². The first-order chi connectivity index (χ1) is 13.6. The van der Waals surface area contributed by atoms with E-state index in [1.165, 1.54) is 9.96 Å². The van der Waals surface area contributed by atoms with Gasteiger partial charge in [-0.2, -0.15) is 5.10 Å². The van der Waals surface area contributed by atoms with E-state index in [0.717, 1.165) is 26.2 Å². The van der Waals surface area contributed by atoms with E-state index in [-0.39, 0.29) is 17.6 Å². The largest absolute Gasteiger partial charge is 0.350 e. The van der Waals surface area contributed by atoms with Crippen LogP contribution < -0.4 is 11.0 Å². The molecule has 0 bridgehead atoms. The van der Waals surface area contributed by atoms with Crippen molar-refractivity contribution in [2.75, 3.05) is 33.2 Å². The molecule has 1 aliphatic rings. The van der Waals surface area contributed by atoms with Gasteiger partial charge in [0.1, 0.15) is 0 Å². The van der Waals surface area contributed by atoms with Crippen molar-refractivity contribution in [3.8, 4) is 0 Å². The molecule has 0 saturated carbocycles. The van der Waals surface area contributed by atoms with Crippen molar-refractivity contribution in [1.82, 2.24) is 29.7 Å². The van der Waals surface area contributed by atoms with Gasteiger partial charge in [-0.15, -0.1) is 0 Å². The molecule has 1 saturated heterocycles. The van der Waals surface area contributed by atoms with Gasteiger partial charge in [-0.25, -0.2) is 14.3 Å². The maximum Gasteiger partial charge on any atom is 0.347 e. The summed E-state index contributed by atoms with van der Waals surface area (Å²) in [4.78, 5) is 29.2. The average molecular weight is 380 g/mol. The van der Waals surface area contributed by atoms with Crippen LogP contribution in [-0.2, 0) is 6.54 Å². The maximum atomic E-state index is 12.7. The summed E-state index contributed by atoms with van der Waals surface area (Å²) < 4.78 is 1.34. The van der Waals surface area contributed by atoms with E-state index < -0.39 is 0 Å².